The molecule has 1 heterocycles. The molecule has 0 bridgehead atoms. The van der Waals surface area contributed by atoms with Gasteiger partial charge in [-0.15, -0.1) is 12.4 Å². The van der Waals surface area contributed by atoms with Crippen molar-refractivity contribution in [1.82, 2.24) is 5.32 Å². The number of rotatable bonds is 0. The van der Waals surface area contributed by atoms with E-state index in [0.717, 1.165) is 13.0 Å². The van der Waals surface area contributed by atoms with Crippen molar-refractivity contribution in [3.8, 4) is 0 Å². The van der Waals surface area contributed by atoms with Crippen molar-refractivity contribution in [2.45, 2.75) is 30.9 Å². The zero-order chi connectivity index (χ0) is 5.61. The molecule has 2 aliphatic rings. The maximum Gasteiger partial charge on any atom is 0.0733 e. The third-order valence-electron chi connectivity index (χ3n) is 2.32. The fourth-order valence-electron chi connectivity index (χ4n) is 1.50. The van der Waals surface area contributed by atoms with Crippen LogP contribution in [-0.4, -0.2) is 23.3 Å². The summed E-state index contributed by atoms with van der Waals surface area (Å²) in [4.78, 5) is 0. The number of nitrogens with one attached hydrogen (secondary N) is 1. The third-order valence-corrected chi connectivity index (χ3v) is 2.32. The van der Waals surface area contributed by atoms with E-state index in [1.54, 1.807) is 0 Å². The van der Waals surface area contributed by atoms with Crippen LogP contribution < -0.4 is 5.32 Å². The molecular formula is C6H12ClNO. The van der Waals surface area contributed by atoms with E-state index in [0.29, 0.717) is 0 Å². The third kappa shape index (κ3) is 0.955. The van der Waals surface area contributed by atoms with E-state index in [4.69, 9.17) is 0 Å². The lowest BCUT2D eigenvalue weighted by molar-refractivity contribution is 0.149. The maximum atomic E-state index is 9.26. The average Bonchev–Trinajstić information content (AvgIpc) is 2.39. The van der Waals surface area contributed by atoms with Crippen molar-refractivity contribution in [1.29, 1.82) is 0 Å². The van der Waals surface area contributed by atoms with Crippen LogP contribution in [0.3, 0.4) is 0 Å². The van der Waals surface area contributed by atoms with Gasteiger partial charge in [-0.2, -0.15) is 0 Å². The second-order valence-corrected chi connectivity index (χ2v) is 2.89. The van der Waals surface area contributed by atoms with Crippen LogP contribution in [0.5, 0.6) is 0 Å². The van der Waals surface area contributed by atoms with Gasteiger partial charge >= 0.3 is 0 Å². The minimum absolute atomic E-state index is 0. The molecule has 1 saturated heterocycles. The first-order valence-corrected chi connectivity index (χ1v) is 3.27. The van der Waals surface area contributed by atoms with Crippen LogP contribution in [0, 0.1) is 0 Å². The fraction of sp³-hybridized carbons (Fsp3) is 1.00. The van der Waals surface area contributed by atoms with E-state index in [2.05, 4.69) is 5.32 Å². The topological polar surface area (TPSA) is 32.3 Å². The SMILES string of the molecule is Cl.OC1CCNC12CC2. The summed E-state index contributed by atoms with van der Waals surface area (Å²) >= 11 is 0. The lowest BCUT2D eigenvalue weighted by Gasteiger charge is -2.09. The molecule has 0 aromatic heterocycles. The van der Waals surface area contributed by atoms with E-state index in [9.17, 15) is 5.11 Å². The molecule has 0 amide bonds. The van der Waals surface area contributed by atoms with Crippen molar-refractivity contribution in [3.05, 3.63) is 0 Å². The first-order valence-electron chi connectivity index (χ1n) is 3.27. The van der Waals surface area contributed by atoms with Crippen LogP contribution in [0.4, 0.5) is 0 Å². The Hall–Kier alpha value is 0.210. The van der Waals surface area contributed by atoms with Gasteiger partial charge in [0.15, 0.2) is 0 Å². The van der Waals surface area contributed by atoms with Gasteiger partial charge in [0.1, 0.15) is 0 Å². The lowest BCUT2D eigenvalue weighted by Crippen LogP contribution is -2.32. The quantitative estimate of drug-likeness (QED) is 0.519. The molecule has 0 aromatic carbocycles. The summed E-state index contributed by atoms with van der Waals surface area (Å²) in [5.41, 5.74) is 0.208. The Labute approximate surface area is 61.0 Å². The summed E-state index contributed by atoms with van der Waals surface area (Å²) in [6.07, 6.45) is 3.30. The maximum absolute atomic E-state index is 9.26. The summed E-state index contributed by atoms with van der Waals surface area (Å²) < 4.78 is 0. The summed E-state index contributed by atoms with van der Waals surface area (Å²) in [5, 5.41) is 12.6. The second kappa shape index (κ2) is 2.11. The van der Waals surface area contributed by atoms with Gasteiger partial charge in [0.2, 0.25) is 0 Å². The van der Waals surface area contributed by atoms with E-state index < -0.39 is 0 Å². The molecule has 3 heteroatoms. The molecule has 9 heavy (non-hydrogen) atoms. The first-order chi connectivity index (χ1) is 3.83. The Bertz CT molecular complexity index is 114. The normalized spacial score (nSPS) is 36.3. The summed E-state index contributed by atoms with van der Waals surface area (Å²) in [7, 11) is 0. The van der Waals surface area contributed by atoms with Crippen LogP contribution in [0.25, 0.3) is 0 Å². The number of aliphatic hydroxyl groups excluding tert-OH is 1. The van der Waals surface area contributed by atoms with Crippen LogP contribution in [0.2, 0.25) is 0 Å². The largest absolute Gasteiger partial charge is 0.391 e. The molecule has 2 nitrogen and oxygen atoms in total. The Morgan fingerprint density at radius 3 is 2.33 bits per heavy atom. The zero-order valence-electron chi connectivity index (χ0n) is 5.26. The number of halogens is 1. The monoisotopic (exact) mass is 149 g/mol. The smallest absolute Gasteiger partial charge is 0.0733 e. The van der Waals surface area contributed by atoms with Gasteiger partial charge in [0, 0.05) is 5.54 Å². The molecule has 2 rings (SSSR count). The number of hydrogen-bond acceptors (Lipinski definition) is 2. The van der Waals surface area contributed by atoms with Gasteiger partial charge in [-0.25, -0.2) is 0 Å². The minimum atomic E-state index is -0.0394. The predicted octanol–water partition coefficient (Wildman–Crippen LogP) is 0.295. The molecule has 1 saturated carbocycles. The minimum Gasteiger partial charge on any atom is -0.391 e. The molecule has 1 spiro atoms. The van der Waals surface area contributed by atoms with Crippen molar-refractivity contribution < 1.29 is 5.11 Å². The van der Waals surface area contributed by atoms with Gasteiger partial charge in [0.25, 0.3) is 0 Å². The second-order valence-electron chi connectivity index (χ2n) is 2.89. The van der Waals surface area contributed by atoms with E-state index in [1.165, 1.54) is 12.8 Å². The highest BCUT2D eigenvalue weighted by Gasteiger charge is 2.51. The number of aliphatic hydroxyl groups is 1. The predicted molar refractivity (Wildman–Crippen MR) is 37.8 cm³/mol. The van der Waals surface area contributed by atoms with Gasteiger partial charge in [-0.1, -0.05) is 0 Å². The molecule has 1 unspecified atom stereocenters. The van der Waals surface area contributed by atoms with Crippen molar-refractivity contribution in [3.63, 3.8) is 0 Å². The van der Waals surface area contributed by atoms with Gasteiger partial charge < -0.3 is 10.4 Å². The van der Waals surface area contributed by atoms with Gasteiger partial charge in [-0.3, -0.25) is 0 Å². The number of hydrogen-bond donors (Lipinski definition) is 2. The standard InChI is InChI=1S/C6H11NO.ClH/c8-5-1-4-7-6(5)2-3-6;/h5,7-8H,1-4H2;1H. The van der Waals surface area contributed by atoms with Crippen LogP contribution in [-0.2, 0) is 0 Å². The molecule has 0 radical (unpaired) electrons. The zero-order valence-corrected chi connectivity index (χ0v) is 6.08. The fourth-order valence-corrected chi connectivity index (χ4v) is 1.50. The van der Waals surface area contributed by atoms with E-state index in [-0.39, 0.29) is 24.0 Å². The molecule has 2 fully saturated rings. The van der Waals surface area contributed by atoms with E-state index in [1.807, 2.05) is 0 Å². The Balaban J connectivity index is 0.000000405. The highest BCUT2D eigenvalue weighted by atomic mass is 35.5. The highest BCUT2D eigenvalue weighted by molar-refractivity contribution is 5.85. The Morgan fingerprint density at radius 2 is 2.11 bits per heavy atom. The Morgan fingerprint density at radius 1 is 1.44 bits per heavy atom. The van der Waals surface area contributed by atoms with Crippen LogP contribution in [0.1, 0.15) is 19.3 Å². The highest BCUT2D eigenvalue weighted by Crippen LogP contribution is 2.42. The van der Waals surface area contributed by atoms with Gasteiger partial charge in [-0.05, 0) is 25.8 Å². The Kier molecular flexibility index (Phi) is 1.72. The van der Waals surface area contributed by atoms with Crippen molar-refractivity contribution >= 4 is 12.4 Å². The first kappa shape index (κ1) is 7.32. The summed E-state index contributed by atoms with van der Waals surface area (Å²) in [6.45, 7) is 1.02. The molecule has 1 aliphatic carbocycles. The molecular weight excluding hydrogens is 138 g/mol. The summed E-state index contributed by atoms with van der Waals surface area (Å²) in [5.74, 6) is 0. The molecule has 1 aliphatic heterocycles. The average molecular weight is 150 g/mol. The van der Waals surface area contributed by atoms with Crippen LogP contribution in [0.15, 0.2) is 0 Å². The van der Waals surface area contributed by atoms with Crippen LogP contribution >= 0.6 is 12.4 Å². The summed E-state index contributed by atoms with van der Waals surface area (Å²) in [6, 6.07) is 0. The molecule has 1 atom stereocenters. The molecule has 2 N–H and O–H groups in total. The van der Waals surface area contributed by atoms with Gasteiger partial charge in [0.05, 0.1) is 6.10 Å². The van der Waals surface area contributed by atoms with E-state index >= 15 is 0 Å². The lowest BCUT2D eigenvalue weighted by atomic mass is 10.1. The molecule has 54 valence electrons. The molecule has 0 aromatic rings. The van der Waals surface area contributed by atoms with Crippen molar-refractivity contribution in [2.24, 2.45) is 0 Å². The van der Waals surface area contributed by atoms with Crippen molar-refractivity contribution in [2.75, 3.05) is 6.54 Å².